The van der Waals surface area contributed by atoms with E-state index >= 15 is 0 Å². The molecule has 1 atom stereocenters. The zero-order chi connectivity index (χ0) is 18.7. The maximum Gasteiger partial charge on any atom is 0.243 e. The summed E-state index contributed by atoms with van der Waals surface area (Å²) in [4.78, 5) is 13.0. The Labute approximate surface area is 159 Å². The van der Waals surface area contributed by atoms with E-state index in [0.717, 1.165) is 18.4 Å². The predicted molar refractivity (Wildman–Crippen MR) is 103 cm³/mol. The Kier molecular flexibility index (Phi) is 5.65. The minimum absolute atomic E-state index is 0.217. The molecule has 1 aliphatic rings. The molecule has 0 spiro atoms. The minimum atomic E-state index is -3.72. The molecule has 1 fully saturated rings. The van der Waals surface area contributed by atoms with Crippen molar-refractivity contribution in [1.29, 1.82) is 0 Å². The van der Waals surface area contributed by atoms with Crippen LogP contribution in [0, 0.1) is 6.92 Å². The second-order valence-electron chi connectivity index (χ2n) is 6.44. The summed E-state index contributed by atoms with van der Waals surface area (Å²) in [7, 11) is -3.72. The van der Waals surface area contributed by atoms with Crippen LogP contribution in [-0.2, 0) is 14.8 Å². The van der Waals surface area contributed by atoms with Crippen LogP contribution < -0.4 is 5.32 Å². The summed E-state index contributed by atoms with van der Waals surface area (Å²) < 4.78 is 27.4. The molecule has 138 valence electrons. The van der Waals surface area contributed by atoms with Gasteiger partial charge in [0.15, 0.2) is 0 Å². The molecule has 3 rings (SSSR count). The van der Waals surface area contributed by atoms with Crippen molar-refractivity contribution in [3.63, 3.8) is 0 Å². The smallest absolute Gasteiger partial charge is 0.243 e. The van der Waals surface area contributed by atoms with E-state index in [1.165, 1.54) is 4.31 Å². The van der Waals surface area contributed by atoms with Gasteiger partial charge in [0.25, 0.3) is 0 Å². The monoisotopic (exact) mass is 392 g/mol. The molecule has 1 heterocycles. The van der Waals surface area contributed by atoms with Crippen molar-refractivity contribution in [1.82, 2.24) is 4.31 Å². The average molecular weight is 393 g/mol. The second kappa shape index (κ2) is 7.78. The first kappa shape index (κ1) is 18.9. The number of hydrogen-bond acceptors (Lipinski definition) is 3. The third-order valence-corrected chi connectivity index (χ3v) is 6.67. The molecule has 0 bridgehead atoms. The van der Waals surface area contributed by atoms with Crippen LogP contribution in [0.15, 0.2) is 53.4 Å². The van der Waals surface area contributed by atoms with Gasteiger partial charge in [0.1, 0.15) is 6.04 Å². The van der Waals surface area contributed by atoms with Gasteiger partial charge in [-0.05, 0) is 56.2 Å². The number of rotatable bonds is 4. The summed E-state index contributed by atoms with van der Waals surface area (Å²) in [5.74, 6) is -0.317. The van der Waals surface area contributed by atoms with E-state index in [4.69, 9.17) is 11.6 Å². The number of nitrogens with one attached hydrogen (secondary N) is 1. The summed E-state index contributed by atoms with van der Waals surface area (Å²) >= 11 is 5.86. The summed E-state index contributed by atoms with van der Waals surface area (Å²) in [5, 5.41) is 3.37. The van der Waals surface area contributed by atoms with Gasteiger partial charge in [-0.1, -0.05) is 35.7 Å². The van der Waals surface area contributed by atoms with Crippen molar-refractivity contribution in [2.45, 2.75) is 37.1 Å². The van der Waals surface area contributed by atoms with Gasteiger partial charge >= 0.3 is 0 Å². The van der Waals surface area contributed by atoms with Crippen molar-refractivity contribution in [2.75, 3.05) is 11.9 Å². The fraction of sp³-hybridized carbons (Fsp3) is 0.316. The second-order valence-corrected chi connectivity index (χ2v) is 8.76. The SMILES string of the molecule is Cc1ccc(S(=O)(=O)N2CCCCC2C(=O)Nc2ccc(Cl)cc2)cc1. The number of hydrogen-bond donors (Lipinski definition) is 1. The van der Waals surface area contributed by atoms with Crippen molar-refractivity contribution >= 4 is 33.2 Å². The van der Waals surface area contributed by atoms with Gasteiger partial charge in [-0.3, -0.25) is 4.79 Å². The minimum Gasteiger partial charge on any atom is -0.325 e. The number of nitrogens with zero attached hydrogens (tertiary/aromatic N) is 1. The molecule has 1 aliphatic heterocycles. The molecule has 1 saturated heterocycles. The Balaban J connectivity index is 1.83. The lowest BCUT2D eigenvalue weighted by Gasteiger charge is -2.33. The van der Waals surface area contributed by atoms with Crippen LogP contribution in [0.4, 0.5) is 5.69 Å². The first-order chi connectivity index (χ1) is 12.4. The molecule has 0 aliphatic carbocycles. The van der Waals surface area contributed by atoms with E-state index in [1.807, 2.05) is 6.92 Å². The topological polar surface area (TPSA) is 66.5 Å². The number of aryl methyl sites for hydroxylation is 1. The van der Waals surface area contributed by atoms with Crippen LogP contribution in [0.1, 0.15) is 24.8 Å². The number of sulfonamides is 1. The molecular formula is C19H21ClN2O3S. The molecule has 2 aromatic carbocycles. The van der Waals surface area contributed by atoms with E-state index in [9.17, 15) is 13.2 Å². The number of benzene rings is 2. The summed E-state index contributed by atoms with van der Waals surface area (Å²) in [6.45, 7) is 2.24. The Morgan fingerprint density at radius 1 is 1.08 bits per heavy atom. The van der Waals surface area contributed by atoms with Gasteiger partial charge in [0, 0.05) is 17.3 Å². The van der Waals surface area contributed by atoms with Crippen LogP contribution in [0.5, 0.6) is 0 Å². The maximum atomic E-state index is 13.0. The van der Waals surface area contributed by atoms with Crippen LogP contribution in [0.25, 0.3) is 0 Å². The zero-order valence-electron chi connectivity index (χ0n) is 14.5. The Morgan fingerprint density at radius 3 is 2.38 bits per heavy atom. The van der Waals surface area contributed by atoms with Gasteiger partial charge in [-0.15, -0.1) is 0 Å². The van der Waals surface area contributed by atoms with Gasteiger partial charge in [-0.25, -0.2) is 8.42 Å². The number of carbonyl (C=O) groups is 1. The van der Waals surface area contributed by atoms with Crippen molar-refractivity contribution in [3.8, 4) is 0 Å². The number of carbonyl (C=O) groups excluding carboxylic acids is 1. The van der Waals surface area contributed by atoms with E-state index in [1.54, 1.807) is 48.5 Å². The molecule has 7 heteroatoms. The average Bonchev–Trinajstić information content (AvgIpc) is 2.64. The van der Waals surface area contributed by atoms with Crippen LogP contribution in [0.3, 0.4) is 0 Å². The molecule has 0 saturated carbocycles. The lowest BCUT2D eigenvalue weighted by atomic mass is 10.0. The normalized spacial score (nSPS) is 18.5. The highest BCUT2D eigenvalue weighted by atomic mass is 35.5. The van der Waals surface area contributed by atoms with Crippen molar-refractivity contribution in [2.24, 2.45) is 0 Å². The molecule has 5 nitrogen and oxygen atoms in total. The summed E-state index contributed by atoms with van der Waals surface area (Å²) in [6, 6.07) is 12.7. The molecule has 1 amide bonds. The Hall–Kier alpha value is -1.89. The maximum absolute atomic E-state index is 13.0. The third-order valence-electron chi connectivity index (χ3n) is 4.50. The van der Waals surface area contributed by atoms with Crippen molar-refractivity contribution < 1.29 is 13.2 Å². The molecule has 26 heavy (non-hydrogen) atoms. The van der Waals surface area contributed by atoms with Crippen LogP contribution >= 0.6 is 11.6 Å². The summed E-state index contributed by atoms with van der Waals surface area (Å²) in [5.41, 5.74) is 1.58. The number of amides is 1. The molecule has 1 N–H and O–H groups in total. The van der Waals surface area contributed by atoms with Crippen LogP contribution in [-0.4, -0.2) is 31.2 Å². The van der Waals surface area contributed by atoms with Gasteiger partial charge in [-0.2, -0.15) is 4.31 Å². The Morgan fingerprint density at radius 2 is 1.73 bits per heavy atom. The lowest BCUT2D eigenvalue weighted by molar-refractivity contribution is -0.120. The van der Waals surface area contributed by atoms with E-state index < -0.39 is 16.1 Å². The van der Waals surface area contributed by atoms with Gasteiger partial charge in [0.05, 0.1) is 4.90 Å². The summed E-state index contributed by atoms with van der Waals surface area (Å²) in [6.07, 6.45) is 2.07. The predicted octanol–water partition coefficient (Wildman–Crippen LogP) is 3.83. The van der Waals surface area contributed by atoms with Crippen LogP contribution in [0.2, 0.25) is 5.02 Å². The highest BCUT2D eigenvalue weighted by Crippen LogP contribution is 2.26. The third kappa shape index (κ3) is 4.09. The fourth-order valence-electron chi connectivity index (χ4n) is 3.06. The molecule has 0 aromatic heterocycles. The zero-order valence-corrected chi connectivity index (χ0v) is 16.1. The molecule has 0 radical (unpaired) electrons. The highest BCUT2D eigenvalue weighted by Gasteiger charge is 2.37. The number of anilines is 1. The fourth-order valence-corrected chi connectivity index (χ4v) is 4.84. The Bertz CT molecular complexity index is 880. The first-order valence-electron chi connectivity index (χ1n) is 8.53. The lowest BCUT2D eigenvalue weighted by Crippen LogP contribution is -2.49. The number of halogens is 1. The number of piperidine rings is 1. The van der Waals surface area contributed by atoms with E-state index in [2.05, 4.69) is 5.32 Å². The van der Waals surface area contributed by atoms with Gasteiger partial charge < -0.3 is 5.32 Å². The standard InChI is InChI=1S/C19H21ClN2O3S/c1-14-5-11-17(12-6-14)26(24,25)22-13-3-2-4-18(22)19(23)21-16-9-7-15(20)8-10-16/h5-12,18H,2-4,13H2,1H3,(H,21,23). The van der Waals surface area contributed by atoms with E-state index in [0.29, 0.717) is 23.7 Å². The highest BCUT2D eigenvalue weighted by molar-refractivity contribution is 7.89. The van der Waals surface area contributed by atoms with Gasteiger partial charge in [0.2, 0.25) is 15.9 Å². The molecule has 1 unspecified atom stereocenters. The largest absolute Gasteiger partial charge is 0.325 e. The van der Waals surface area contributed by atoms with E-state index in [-0.39, 0.29) is 10.8 Å². The molecular weight excluding hydrogens is 372 g/mol. The first-order valence-corrected chi connectivity index (χ1v) is 10.3. The molecule has 2 aromatic rings. The quantitative estimate of drug-likeness (QED) is 0.859. The van der Waals surface area contributed by atoms with Crippen molar-refractivity contribution in [3.05, 3.63) is 59.1 Å².